The van der Waals surface area contributed by atoms with Crippen molar-refractivity contribution in [2.45, 2.75) is 129 Å². The van der Waals surface area contributed by atoms with E-state index in [0.29, 0.717) is 39.1 Å². The molecule has 45 nitrogen and oxygen atoms in total. The summed E-state index contributed by atoms with van der Waals surface area (Å²) in [4.78, 5) is 166. The number of ether oxygens (including phenoxy) is 20. The average molecular weight is 1860 g/mol. The first-order valence-electron chi connectivity index (χ1n) is 44.7. The fourth-order valence-corrected chi connectivity index (χ4v) is 10.6. The Bertz CT molecular complexity index is 2860. The van der Waals surface area contributed by atoms with Crippen LogP contribution >= 0.6 is 0 Å². The molecule has 0 heterocycles. The van der Waals surface area contributed by atoms with Crippen LogP contribution in [0.1, 0.15) is 129 Å². The van der Waals surface area contributed by atoms with Gasteiger partial charge < -0.3 is 153 Å². The highest BCUT2D eigenvalue weighted by atomic mass is 16.6. The lowest BCUT2D eigenvalue weighted by atomic mass is 9.94. The van der Waals surface area contributed by atoms with E-state index in [9.17, 15) is 72.2 Å². The van der Waals surface area contributed by atoms with E-state index in [1.54, 1.807) is 0 Å². The summed E-state index contributed by atoms with van der Waals surface area (Å²) >= 11 is 0. The van der Waals surface area contributed by atoms with Gasteiger partial charge in [-0.05, 0) is 32.6 Å². The third kappa shape index (κ3) is 96.3. The van der Waals surface area contributed by atoms with Crippen LogP contribution in [0.5, 0.6) is 0 Å². The number of rotatable bonds is 102. The van der Waals surface area contributed by atoms with Gasteiger partial charge in [0.05, 0.1) is 198 Å². The first-order chi connectivity index (χ1) is 62.8. The third-order valence-electron chi connectivity index (χ3n) is 17.2. The molecule has 0 aromatic heterocycles. The molecule has 748 valence electrons. The summed E-state index contributed by atoms with van der Waals surface area (Å²) in [7, 11) is 0. The number of Topliss-reactive ketones (excluding diaryl/α,β-unsaturated/α-hetero) is 3. The molecule has 129 heavy (non-hydrogen) atoms. The molecule has 0 aromatic rings. The lowest BCUT2D eigenvalue weighted by Crippen LogP contribution is -2.33. The van der Waals surface area contributed by atoms with E-state index in [4.69, 9.17) is 99.8 Å². The Morgan fingerprint density at radius 3 is 0.643 bits per heavy atom. The van der Waals surface area contributed by atoms with Gasteiger partial charge in [0.25, 0.3) is 0 Å². The minimum absolute atomic E-state index is 0.0210. The molecule has 45 heteroatoms. The average Bonchev–Trinajstić information content (AvgIpc) is 0.927. The number of ketones is 3. The quantitative estimate of drug-likeness (QED) is 0.0302. The van der Waals surface area contributed by atoms with Gasteiger partial charge in [0, 0.05) is 97.6 Å². The number of carbonyl (C=O) groups is 14. The second-order valence-electron chi connectivity index (χ2n) is 28.6. The lowest BCUT2D eigenvalue weighted by molar-refractivity contribution is -0.144. The summed E-state index contributed by atoms with van der Waals surface area (Å²) in [6, 6.07) is 0. The number of hydrogen-bond donors (Lipinski definition) is 11. The molecule has 0 aliphatic rings. The predicted octanol–water partition coefficient (Wildman–Crippen LogP) is -1.71. The summed E-state index contributed by atoms with van der Waals surface area (Å²) in [6.45, 7) is 8.47. The summed E-state index contributed by atoms with van der Waals surface area (Å²) in [6.07, 6.45) is 13.7. The van der Waals surface area contributed by atoms with Crippen molar-refractivity contribution in [1.29, 1.82) is 0 Å². The Hall–Kier alpha value is -7.62. The van der Waals surface area contributed by atoms with E-state index in [2.05, 4.69) is 47.9 Å². The van der Waals surface area contributed by atoms with Crippen molar-refractivity contribution in [3.05, 3.63) is 0 Å². The zero-order valence-corrected chi connectivity index (χ0v) is 75.9. The molecule has 1 atom stereocenters. The second-order valence-corrected chi connectivity index (χ2v) is 28.6. The van der Waals surface area contributed by atoms with Gasteiger partial charge in [0.1, 0.15) is 71.9 Å². The van der Waals surface area contributed by atoms with E-state index < -0.39 is 17.9 Å². The molecule has 0 aliphatic carbocycles. The van der Waals surface area contributed by atoms with Crippen LogP contribution in [0.2, 0.25) is 0 Å². The molecule has 0 radical (unpaired) electrons. The predicted molar refractivity (Wildman–Crippen MR) is 461 cm³/mol. The molecule has 0 unspecified atom stereocenters. The van der Waals surface area contributed by atoms with E-state index in [-0.39, 0.29) is 400 Å². The maximum Gasteiger partial charge on any atom is 0.306 e. The standard InChI is InChI=1S/C84H151N9O36/c1-70(94)60-120-49-39-110-29-14-16-73(96)61-121-50-40-112-31-21-86-75(98)63-123-52-42-114-33-23-88-77(100)65-125-54-44-116-35-25-90-79(102)67-127-56-46-118-37-27-92-81(104)69-129-58-48-119-38-28-93-82(105)68-128-57-47-117-36-26-91-80(103)66-126-55-45-115-34-24-89-78(101)64-124-53-43-113-32-22-87-76(99)62-122-51-41-111-30-20-85-74(97)19-18-71(84(108)109)59-72(95)15-12-10-8-6-4-2-3-5-7-9-11-13-17-83(106)107/h71H,2-69H2,1H3,(H,85,97)(H,86,98)(H,87,99)(H,88,100)(H,89,101)(H,90,102)(H,91,103)(H,92,104)(H,93,105)(H,106,107)(H,108,109)/t71-/m1/s1. The number of hydrogen-bond acceptors (Lipinski definition) is 34. The SMILES string of the molecule is CC(=O)COCCOCCCC(=O)COCCOCCNC(=O)COCCOCCNC(=O)COCCOCCNC(=O)COCCOCCNC(=O)COCCOCCNC(=O)COCCOCCNC(=O)COCCOCCNC(=O)COCCOCCNC(=O)COCCOCCNC(=O)CC[C@H](CC(=O)CCCCCCCCCCCCCCC(=O)O)C(=O)O. The van der Waals surface area contributed by atoms with Crippen molar-refractivity contribution < 1.29 is 172 Å². The first-order valence-corrected chi connectivity index (χ1v) is 44.7. The van der Waals surface area contributed by atoms with Crippen molar-refractivity contribution in [2.24, 2.45) is 5.92 Å². The number of nitrogens with one attached hydrogen (secondary N) is 9. The molecule has 11 N–H and O–H groups in total. The molecule has 0 saturated heterocycles. The van der Waals surface area contributed by atoms with Gasteiger partial charge >= 0.3 is 11.9 Å². The largest absolute Gasteiger partial charge is 0.481 e. The highest BCUT2D eigenvalue weighted by molar-refractivity contribution is 5.85. The molecule has 0 aromatic carbocycles. The van der Waals surface area contributed by atoms with Crippen LogP contribution in [0, 0.1) is 5.92 Å². The Morgan fingerprint density at radius 1 is 0.202 bits per heavy atom. The Balaban J connectivity index is 3.50. The maximum absolute atomic E-state index is 12.5. The topological polar surface area (TPSA) is 572 Å². The zero-order valence-electron chi connectivity index (χ0n) is 75.9. The van der Waals surface area contributed by atoms with Gasteiger partial charge in [0.15, 0.2) is 11.6 Å². The number of carboxylic acids is 2. The van der Waals surface area contributed by atoms with E-state index in [0.717, 1.165) is 70.6 Å². The molecule has 0 fully saturated rings. The second kappa shape index (κ2) is 95.0. The van der Waals surface area contributed by atoms with Gasteiger partial charge in [0.2, 0.25) is 53.2 Å². The normalized spacial score (nSPS) is 11.4. The minimum atomic E-state index is -1.10. The first kappa shape index (κ1) is 121. The molecule has 0 spiro atoms. The van der Waals surface area contributed by atoms with Crippen LogP contribution in [0.15, 0.2) is 0 Å². The number of carbonyl (C=O) groups excluding carboxylic acids is 12. The Kier molecular flexibility index (Phi) is 89.4. The zero-order chi connectivity index (χ0) is 94.2. The Morgan fingerprint density at radius 2 is 0.403 bits per heavy atom. The molecule has 9 amide bonds. The molecular formula is C84H151N9O36. The van der Waals surface area contributed by atoms with E-state index in [1.165, 1.54) is 13.3 Å². The van der Waals surface area contributed by atoms with E-state index in [1.807, 2.05) is 0 Å². The molecule has 0 rings (SSSR count). The number of amides is 9. The summed E-state index contributed by atoms with van der Waals surface area (Å²) in [5.74, 6) is -6.05. The summed E-state index contributed by atoms with van der Waals surface area (Å²) in [5.41, 5.74) is 0. The van der Waals surface area contributed by atoms with Gasteiger partial charge in [-0.2, -0.15) is 0 Å². The molecule has 0 saturated carbocycles. The van der Waals surface area contributed by atoms with Crippen LogP contribution in [0.4, 0.5) is 0 Å². The van der Waals surface area contributed by atoms with Gasteiger partial charge in [-0.15, -0.1) is 0 Å². The third-order valence-corrected chi connectivity index (χ3v) is 17.2. The maximum atomic E-state index is 12.5. The van der Waals surface area contributed by atoms with Gasteiger partial charge in [-0.3, -0.25) is 67.1 Å². The van der Waals surface area contributed by atoms with Crippen molar-refractivity contribution >= 4 is 82.5 Å². The highest BCUT2D eigenvalue weighted by Crippen LogP contribution is 2.17. The van der Waals surface area contributed by atoms with Crippen LogP contribution in [-0.4, -0.2) is 416 Å². The van der Waals surface area contributed by atoms with Gasteiger partial charge in [-0.1, -0.05) is 64.2 Å². The minimum Gasteiger partial charge on any atom is -0.481 e. The summed E-state index contributed by atoms with van der Waals surface area (Å²) in [5, 5.41) is 42.2. The van der Waals surface area contributed by atoms with E-state index >= 15 is 0 Å². The Labute approximate surface area is 757 Å². The van der Waals surface area contributed by atoms with Crippen LogP contribution in [0.25, 0.3) is 0 Å². The fourth-order valence-electron chi connectivity index (χ4n) is 10.6. The van der Waals surface area contributed by atoms with Gasteiger partial charge in [-0.25, -0.2) is 0 Å². The van der Waals surface area contributed by atoms with Crippen LogP contribution in [-0.2, 0) is 162 Å². The molecule has 0 aliphatic heterocycles. The van der Waals surface area contributed by atoms with Crippen LogP contribution < -0.4 is 47.9 Å². The van der Waals surface area contributed by atoms with Crippen molar-refractivity contribution in [1.82, 2.24) is 47.9 Å². The highest BCUT2D eigenvalue weighted by Gasteiger charge is 2.23. The number of unbranched alkanes of at least 4 members (excludes halogenated alkanes) is 11. The van der Waals surface area contributed by atoms with Crippen molar-refractivity contribution in [3.8, 4) is 0 Å². The molecule has 0 bridgehead atoms. The monoisotopic (exact) mass is 1860 g/mol. The van der Waals surface area contributed by atoms with Crippen molar-refractivity contribution in [3.63, 3.8) is 0 Å². The van der Waals surface area contributed by atoms with Crippen LogP contribution in [0.3, 0.4) is 0 Å². The molecular weight excluding hydrogens is 1710 g/mol. The number of carboxylic acid groups (broad SMARTS) is 2. The van der Waals surface area contributed by atoms with Crippen molar-refractivity contribution in [2.75, 3.05) is 323 Å². The smallest absolute Gasteiger partial charge is 0.306 e. The summed E-state index contributed by atoms with van der Waals surface area (Å²) < 4.78 is 107. The lowest BCUT2D eigenvalue weighted by Gasteiger charge is -2.12. The fraction of sp³-hybridized carbons (Fsp3) is 0.833. The number of aliphatic carboxylic acids is 2.